The first-order valence-electron chi connectivity index (χ1n) is 13.2. The van der Waals surface area contributed by atoms with E-state index in [1.54, 1.807) is 12.1 Å². The first-order valence-corrected chi connectivity index (χ1v) is 13.2. The molecule has 1 aliphatic heterocycles. The van der Waals surface area contributed by atoms with Crippen molar-refractivity contribution >= 4 is 23.1 Å². The number of rotatable bonds is 8. The molecule has 5 heteroatoms. The molecular formula is C33H32FN3O. The van der Waals surface area contributed by atoms with Crippen molar-refractivity contribution in [3.8, 4) is 11.1 Å². The monoisotopic (exact) mass is 505 g/mol. The Morgan fingerprint density at radius 3 is 2.26 bits per heavy atom. The normalized spacial score (nSPS) is 13.4. The minimum atomic E-state index is -0.279. The Morgan fingerprint density at radius 2 is 1.55 bits per heavy atom. The zero-order valence-electron chi connectivity index (χ0n) is 21.8. The molecular weight excluding hydrogens is 473 g/mol. The average Bonchev–Trinajstić information content (AvgIpc) is 2.96. The van der Waals surface area contributed by atoms with E-state index in [-0.39, 0.29) is 17.8 Å². The number of amides is 1. The fraction of sp³-hybridized carbons (Fsp3) is 0.212. The van der Waals surface area contributed by atoms with Gasteiger partial charge >= 0.3 is 0 Å². The average molecular weight is 506 g/mol. The highest BCUT2D eigenvalue weighted by atomic mass is 19.1. The van der Waals surface area contributed by atoms with Crippen LogP contribution in [0.25, 0.3) is 11.1 Å². The number of hydrogen-bond donors (Lipinski definition) is 0. The number of aliphatic imine (C=N–C) groups is 1. The summed E-state index contributed by atoms with van der Waals surface area (Å²) in [6.45, 7) is 5.35. The van der Waals surface area contributed by atoms with Gasteiger partial charge in [0.25, 0.3) is 0 Å². The number of nitrogens with zero attached hydrogens (tertiary/aromatic N) is 3. The Labute approximate surface area is 224 Å². The van der Waals surface area contributed by atoms with Crippen molar-refractivity contribution in [1.29, 1.82) is 0 Å². The van der Waals surface area contributed by atoms with Gasteiger partial charge in [0.2, 0.25) is 5.91 Å². The zero-order valence-corrected chi connectivity index (χ0v) is 21.8. The maximum Gasteiger partial charge on any atom is 0.227 e. The van der Waals surface area contributed by atoms with Crippen LogP contribution in [0.2, 0.25) is 0 Å². The Morgan fingerprint density at radius 1 is 0.895 bits per heavy atom. The molecule has 5 rings (SSSR count). The molecule has 1 unspecified atom stereocenters. The van der Waals surface area contributed by atoms with Gasteiger partial charge in [0, 0.05) is 12.2 Å². The SMILES string of the molecule is CCCN(C(=O)Cc1ccc(-c2ccccc2)cc1)C(C)C1=Nc2ccccc2CN1c1ccc(F)cc1. The molecule has 192 valence electrons. The second-order valence-corrected chi connectivity index (χ2v) is 9.66. The van der Waals surface area contributed by atoms with Gasteiger partial charge in [-0.2, -0.15) is 0 Å². The van der Waals surface area contributed by atoms with E-state index in [4.69, 9.17) is 4.99 Å². The van der Waals surface area contributed by atoms with Gasteiger partial charge in [0.05, 0.1) is 24.7 Å². The number of amidine groups is 1. The van der Waals surface area contributed by atoms with E-state index in [9.17, 15) is 9.18 Å². The van der Waals surface area contributed by atoms with E-state index in [1.165, 1.54) is 12.1 Å². The fourth-order valence-electron chi connectivity index (χ4n) is 4.99. The van der Waals surface area contributed by atoms with E-state index in [0.717, 1.165) is 45.9 Å². The number of hydrogen-bond acceptors (Lipinski definition) is 3. The summed E-state index contributed by atoms with van der Waals surface area (Å²) in [4.78, 5) is 22.7. The van der Waals surface area contributed by atoms with Gasteiger partial charge in [0.15, 0.2) is 0 Å². The summed E-state index contributed by atoms with van der Waals surface area (Å²) >= 11 is 0. The van der Waals surface area contributed by atoms with E-state index >= 15 is 0 Å². The summed E-state index contributed by atoms with van der Waals surface area (Å²) in [5.41, 5.74) is 6.13. The van der Waals surface area contributed by atoms with Gasteiger partial charge in [-0.1, -0.05) is 79.7 Å². The van der Waals surface area contributed by atoms with Crippen LogP contribution in [0.1, 0.15) is 31.4 Å². The van der Waals surface area contributed by atoms with E-state index < -0.39 is 0 Å². The minimum absolute atomic E-state index is 0.0624. The van der Waals surface area contributed by atoms with Crippen LogP contribution in [-0.2, 0) is 17.8 Å². The van der Waals surface area contributed by atoms with Crippen LogP contribution in [0.15, 0.2) is 108 Å². The lowest BCUT2D eigenvalue weighted by Gasteiger charge is -2.38. The summed E-state index contributed by atoms with van der Waals surface area (Å²) in [5, 5.41) is 0. The van der Waals surface area contributed by atoms with Crippen molar-refractivity contribution in [2.24, 2.45) is 4.99 Å². The Balaban J connectivity index is 1.41. The molecule has 0 saturated carbocycles. The van der Waals surface area contributed by atoms with Crippen molar-refractivity contribution in [3.05, 3.63) is 120 Å². The van der Waals surface area contributed by atoms with Gasteiger partial charge in [0.1, 0.15) is 11.7 Å². The van der Waals surface area contributed by atoms with Crippen molar-refractivity contribution in [2.75, 3.05) is 11.4 Å². The third-order valence-corrected chi connectivity index (χ3v) is 7.01. The van der Waals surface area contributed by atoms with E-state index in [0.29, 0.717) is 19.5 Å². The van der Waals surface area contributed by atoms with Crippen LogP contribution in [0.3, 0.4) is 0 Å². The van der Waals surface area contributed by atoms with Crippen LogP contribution in [0.4, 0.5) is 15.8 Å². The van der Waals surface area contributed by atoms with Gasteiger partial charge in [-0.25, -0.2) is 9.38 Å². The predicted molar refractivity (Wildman–Crippen MR) is 153 cm³/mol. The molecule has 38 heavy (non-hydrogen) atoms. The highest BCUT2D eigenvalue weighted by molar-refractivity contribution is 6.05. The number of benzene rings is 4. The number of para-hydroxylation sites is 1. The van der Waals surface area contributed by atoms with Crippen molar-refractivity contribution in [1.82, 2.24) is 4.90 Å². The third-order valence-electron chi connectivity index (χ3n) is 7.01. The van der Waals surface area contributed by atoms with E-state index in [1.807, 2.05) is 60.4 Å². The fourth-order valence-corrected chi connectivity index (χ4v) is 4.99. The molecule has 1 aliphatic rings. The number of halogens is 1. The van der Waals surface area contributed by atoms with E-state index in [2.05, 4.69) is 42.2 Å². The summed E-state index contributed by atoms with van der Waals surface area (Å²) in [6, 6.07) is 32.7. The van der Waals surface area contributed by atoms with Crippen LogP contribution < -0.4 is 4.90 Å². The highest BCUT2D eigenvalue weighted by Gasteiger charge is 2.31. The number of carbonyl (C=O) groups excluding carboxylic acids is 1. The second kappa shape index (κ2) is 11.4. The zero-order chi connectivity index (χ0) is 26.5. The van der Waals surface area contributed by atoms with Crippen molar-refractivity contribution < 1.29 is 9.18 Å². The largest absolute Gasteiger partial charge is 0.333 e. The molecule has 1 heterocycles. The molecule has 4 aromatic rings. The molecule has 0 aromatic heterocycles. The predicted octanol–water partition coefficient (Wildman–Crippen LogP) is 7.41. The second-order valence-electron chi connectivity index (χ2n) is 9.66. The van der Waals surface area contributed by atoms with Crippen LogP contribution in [-0.4, -0.2) is 29.2 Å². The van der Waals surface area contributed by atoms with Gasteiger partial charge in [-0.15, -0.1) is 0 Å². The molecule has 0 fully saturated rings. The summed E-state index contributed by atoms with van der Waals surface area (Å²) < 4.78 is 13.7. The van der Waals surface area contributed by atoms with Crippen molar-refractivity contribution in [3.63, 3.8) is 0 Å². The lowest BCUT2D eigenvalue weighted by atomic mass is 10.0. The lowest BCUT2D eigenvalue weighted by molar-refractivity contribution is -0.131. The maximum absolute atomic E-state index is 13.7. The standard InChI is InChI=1S/C33H32FN3O/c1-3-21-36(32(38)22-25-13-15-27(16-14-25)26-9-5-4-6-10-26)24(2)33-35-31-12-8-7-11-28(31)23-37(33)30-19-17-29(34)18-20-30/h4-20,24H,3,21-23H2,1-2H3. The van der Waals surface area contributed by atoms with Gasteiger partial charge < -0.3 is 9.80 Å². The smallest absolute Gasteiger partial charge is 0.227 e. The summed E-state index contributed by atoms with van der Waals surface area (Å²) in [6.07, 6.45) is 1.16. The van der Waals surface area contributed by atoms with Crippen LogP contribution in [0, 0.1) is 5.82 Å². The quantitative estimate of drug-likeness (QED) is 0.250. The number of anilines is 1. The Kier molecular flexibility index (Phi) is 7.64. The molecule has 1 amide bonds. The first-order chi connectivity index (χ1) is 18.5. The Bertz CT molecular complexity index is 1420. The first kappa shape index (κ1) is 25.4. The molecule has 1 atom stereocenters. The number of fused-ring (bicyclic) bond motifs is 1. The summed E-state index contributed by atoms with van der Waals surface area (Å²) in [7, 11) is 0. The topological polar surface area (TPSA) is 35.9 Å². The minimum Gasteiger partial charge on any atom is -0.333 e. The van der Waals surface area contributed by atoms with Crippen LogP contribution >= 0.6 is 0 Å². The molecule has 4 aromatic carbocycles. The number of carbonyl (C=O) groups is 1. The Hall–Kier alpha value is -4.25. The van der Waals surface area contributed by atoms with Gasteiger partial charge in [-0.05, 0) is 65.9 Å². The molecule has 0 N–H and O–H groups in total. The third kappa shape index (κ3) is 5.52. The van der Waals surface area contributed by atoms with Gasteiger partial charge in [-0.3, -0.25) is 4.79 Å². The highest BCUT2D eigenvalue weighted by Crippen LogP contribution is 2.31. The summed E-state index contributed by atoms with van der Waals surface area (Å²) in [5.74, 6) is 0.572. The molecule has 0 aliphatic carbocycles. The molecule has 0 saturated heterocycles. The van der Waals surface area contributed by atoms with Crippen molar-refractivity contribution in [2.45, 2.75) is 39.3 Å². The molecule has 0 spiro atoms. The molecule has 0 radical (unpaired) electrons. The molecule has 0 bridgehead atoms. The molecule has 4 nitrogen and oxygen atoms in total. The van der Waals surface area contributed by atoms with Crippen LogP contribution in [0.5, 0.6) is 0 Å². The lowest BCUT2D eigenvalue weighted by Crippen LogP contribution is -2.51. The maximum atomic E-state index is 13.7.